The van der Waals surface area contributed by atoms with E-state index in [4.69, 9.17) is 11.6 Å². The molecule has 0 aliphatic heterocycles. The first-order valence-electron chi connectivity index (χ1n) is 6.88. The van der Waals surface area contributed by atoms with Gasteiger partial charge in [-0.3, -0.25) is 4.79 Å². The summed E-state index contributed by atoms with van der Waals surface area (Å²) in [5.74, 6) is 0.0915. The number of hydrogen-bond donors (Lipinski definition) is 1. The molecule has 20 heavy (non-hydrogen) atoms. The first-order valence-corrected chi connectivity index (χ1v) is 7.26. The van der Waals surface area contributed by atoms with Gasteiger partial charge in [-0.1, -0.05) is 24.6 Å². The van der Waals surface area contributed by atoms with E-state index in [2.05, 4.69) is 17.1 Å². The van der Waals surface area contributed by atoms with Crippen molar-refractivity contribution in [3.8, 4) is 0 Å². The van der Waals surface area contributed by atoms with Gasteiger partial charge in [0.1, 0.15) is 0 Å². The lowest BCUT2D eigenvalue weighted by Gasteiger charge is -2.28. The summed E-state index contributed by atoms with van der Waals surface area (Å²) in [5.41, 5.74) is 2.07. The van der Waals surface area contributed by atoms with Crippen molar-refractivity contribution in [3.63, 3.8) is 0 Å². The van der Waals surface area contributed by atoms with Crippen LogP contribution in [0.25, 0.3) is 0 Å². The van der Waals surface area contributed by atoms with E-state index in [0.29, 0.717) is 13.1 Å². The van der Waals surface area contributed by atoms with Crippen LogP contribution in [-0.4, -0.2) is 45.0 Å². The third kappa shape index (κ3) is 4.39. The van der Waals surface area contributed by atoms with E-state index < -0.39 is 0 Å². The Bertz CT molecular complexity index is 449. The second-order valence-electron chi connectivity index (χ2n) is 4.98. The lowest BCUT2D eigenvalue weighted by Crippen LogP contribution is -2.37. The van der Waals surface area contributed by atoms with Crippen molar-refractivity contribution < 1.29 is 4.79 Å². The molecule has 0 atom stereocenters. The summed E-state index contributed by atoms with van der Waals surface area (Å²) in [6.45, 7) is 4.00. The van der Waals surface area contributed by atoms with Gasteiger partial charge in [-0.05, 0) is 25.6 Å². The van der Waals surface area contributed by atoms with Gasteiger partial charge in [0, 0.05) is 43.5 Å². The van der Waals surface area contributed by atoms with Gasteiger partial charge >= 0.3 is 0 Å². The molecule has 1 aromatic rings. The number of hydrogen-bond acceptors (Lipinski definition) is 3. The largest absolute Gasteiger partial charge is 0.362 e. The standard InChI is InChI=1S/C15H24ClN3O/c1-5-9-19(11-15(20)18(3)4)14-8-6-7-13(16)12(14)10-17-2/h6-8,17H,5,9-11H2,1-4H3. The van der Waals surface area contributed by atoms with Crippen LogP contribution in [0.1, 0.15) is 18.9 Å². The molecule has 1 N–H and O–H groups in total. The Morgan fingerprint density at radius 3 is 2.60 bits per heavy atom. The van der Waals surface area contributed by atoms with E-state index in [-0.39, 0.29) is 5.91 Å². The smallest absolute Gasteiger partial charge is 0.241 e. The van der Waals surface area contributed by atoms with E-state index in [0.717, 1.165) is 29.2 Å². The number of carbonyl (C=O) groups excluding carboxylic acids is 1. The topological polar surface area (TPSA) is 35.6 Å². The summed E-state index contributed by atoms with van der Waals surface area (Å²) in [6.07, 6.45) is 0.978. The minimum atomic E-state index is 0.0915. The van der Waals surface area contributed by atoms with Gasteiger partial charge in [0.15, 0.2) is 0 Å². The molecule has 0 aliphatic rings. The molecule has 0 fully saturated rings. The van der Waals surface area contributed by atoms with E-state index >= 15 is 0 Å². The van der Waals surface area contributed by atoms with E-state index in [1.54, 1.807) is 19.0 Å². The summed E-state index contributed by atoms with van der Waals surface area (Å²) in [6, 6.07) is 5.84. The number of carbonyl (C=O) groups is 1. The SMILES string of the molecule is CCCN(CC(=O)N(C)C)c1cccc(Cl)c1CNC. The Hall–Kier alpha value is -1.26. The van der Waals surface area contributed by atoms with Crippen LogP contribution >= 0.6 is 11.6 Å². The number of benzene rings is 1. The summed E-state index contributed by atoms with van der Waals surface area (Å²) < 4.78 is 0. The lowest BCUT2D eigenvalue weighted by molar-refractivity contribution is -0.127. The third-order valence-corrected chi connectivity index (χ3v) is 3.46. The quantitative estimate of drug-likeness (QED) is 0.839. The number of likely N-dealkylation sites (N-methyl/N-ethyl adjacent to an activating group) is 1. The van der Waals surface area contributed by atoms with Crippen LogP contribution in [0.4, 0.5) is 5.69 Å². The molecular weight excluding hydrogens is 274 g/mol. The fraction of sp³-hybridized carbons (Fsp3) is 0.533. The molecule has 0 aromatic heterocycles. The molecule has 0 spiro atoms. The zero-order valence-electron chi connectivity index (χ0n) is 12.7. The minimum absolute atomic E-state index is 0.0915. The average Bonchev–Trinajstić information content (AvgIpc) is 2.40. The molecule has 1 rings (SSSR count). The molecule has 4 nitrogen and oxygen atoms in total. The van der Waals surface area contributed by atoms with Crippen molar-refractivity contribution in [2.45, 2.75) is 19.9 Å². The maximum absolute atomic E-state index is 12.0. The second kappa shape index (κ2) is 8.12. The fourth-order valence-electron chi connectivity index (χ4n) is 2.05. The van der Waals surface area contributed by atoms with E-state index in [1.807, 2.05) is 25.2 Å². The Kier molecular flexibility index (Phi) is 6.82. The number of anilines is 1. The zero-order chi connectivity index (χ0) is 15.1. The van der Waals surface area contributed by atoms with Gasteiger partial charge in [0.25, 0.3) is 0 Å². The molecule has 112 valence electrons. The number of nitrogens with zero attached hydrogens (tertiary/aromatic N) is 2. The highest BCUT2D eigenvalue weighted by Crippen LogP contribution is 2.27. The lowest BCUT2D eigenvalue weighted by atomic mass is 10.1. The fourth-order valence-corrected chi connectivity index (χ4v) is 2.29. The van der Waals surface area contributed by atoms with Gasteiger partial charge in [-0.25, -0.2) is 0 Å². The molecule has 5 heteroatoms. The highest BCUT2D eigenvalue weighted by Gasteiger charge is 2.16. The molecule has 0 heterocycles. The van der Waals surface area contributed by atoms with Crippen molar-refractivity contribution in [1.29, 1.82) is 0 Å². The number of halogens is 1. The van der Waals surface area contributed by atoms with Crippen LogP contribution in [-0.2, 0) is 11.3 Å². The molecule has 1 aromatic carbocycles. The third-order valence-electron chi connectivity index (χ3n) is 3.11. The van der Waals surface area contributed by atoms with Crippen molar-refractivity contribution >= 4 is 23.2 Å². The molecular formula is C15H24ClN3O. The summed E-state index contributed by atoms with van der Waals surface area (Å²) in [4.78, 5) is 15.7. The minimum Gasteiger partial charge on any atom is -0.362 e. The molecule has 0 radical (unpaired) electrons. The number of nitrogens with one attached hydrogen (secondary N) is 1. The van der Waals surface area contributed by atoms with Crippen molar-refractivity contribution in [3.05, 3.63) is 28.8 Å². The molecule has 0 saturated heterocycles. The van der Waals surface area contributed by atoms with Crippen LogP contribution in [0, 0.1) is 0 Å². The molecule has 0 bridgehead atoms. The van der Waals surface area contributed by atoms with Gasteiger partial charge < -0.3 is 15.1 Å². The van der Waals surface area contributed by atoms with Crippen LogP contribution < -0.4 is 10.2 Å². The predicted molar refractivity (Wildman–Crippen MR) is 85.4 cm³/mol. The van der Waals surface area contributed by atoms with E-state index in [1.165, 1.54) is 0 Å². The average molecular weight is 298 g/mol. The summed E-state index contributed by atoms with van der Waals surface area (Å²) in [5, 5.41) is 3.86. The molecule has 0 aliphatic carbocycles. The monoisotopic (exact) mass is 297 g/mol. The maximum Gasteiger partial charge on any atom is 0.241 e. The van der Waals surface area contributed by atoms with Gasteiger partial charge in [-0.15, -0.1) is 0 Å². The number of amides is 1. The van der Waals surface area contributed by atoms with E-state index in [9.17, 15) is 4.79 Å². The van der Waals surface area contributed by atoms with Crippen molar-refractivity contribution in [1.82, 2.24) is 10.2 Å². The van der Waals surface area contributed by atoms with Gasteiger partial charge in [-0.2, -0.15) is 0 Å². The van der Waals surface area contributed by atoms with Crippen LogP contribution in [0.5, 0.6) is 0 Å². The Morgan fingerprint density at radius 1 is 1.35 bits per heavy atom. The molecule has 1 amide bonds. The van der Waals surface area contributed by atoms with Crippen molar-refractivity contribution in [2.75, 3.05) is 39.1 Å². The van der Waals surface area contributed by atoms with Crippen LogP contribution in [0.3, 0.4) is 0 Å². The van der Waals surface area contributed by atoms with Gasteiger partial charge in [0.05, 0.1) is 6.54 Å². The maximum atomic E-state index is 12.0. The Labute approximate surface area is 126 Å². The second-order valence-corrected chi connectivity index (χ2v) is 5.38. The van der Waals surface area contributed by atoms with Crippen LogP contribution in [0.15, 0.2) is 18.2 Å². The Morgan fingerprint density at radius 2 is 2.05 bits per heavy atom. The van der Waals surface area contributed by atoms with Crippen molar-refractivity contribution in [2.24, 2.45) is 0 Å². The summed E-state index contributed by atoms with van der Waals surface area (Å²) in [7, 11) is 5.44. The van der Waals surface area contributed by atoms with Gasteiger partial charge in [0.2, 0.25) is 5.91 Å². The predicted octanol–water partition coefficient (Wildman–Crippen LogP) is 2.36. The zero-order valence-corrected chi connectivity index (χ0v) is 13.5. The normalized spacial score (nSPS) is 10.4. The first kappa shape index (κ1) is 16.8. The first-order chi connectivity index (χ1) is 9.51. The van der Waals surface area contributed by atoms with Crippen LogP contribution in [0.2, 0.25) is 5.02 Å². The highest BCUT2D eigenvalue weighted by atomic mass is 35.5. The highest BCUT2D eigenvalue weighted by molar-refractivity contribution is 6.31. The molecule has 0 unspecified atom stereocenters. The number of rotatable bonds is 7. The summed E-state index contributed by atoms with van der Waals surface area (Å²) >= 11 is 6.29. The Balaban J connectivity index is 3.07. The molecule has 0 saturated carbocycles.